The van der Waals surface area contributed by atoms with Crippen LogP contribution in [0.4, 0.5) is 5.69 Å². The zero-order chi connectivity index (χ0) is 22.3. The van der Waals surface area contributed by atoms with Crippen LogP contribution in [0.3, 0.4) is 0 Å². The summed E-state index contributed by atoms with van der Waals surface area (Å²) in [6, 6.07) is 12.0. The van der Waals surface area contributed by atoms with Gasteiger partial charge in [-0.2, -0.15) is 0 Å². The number of sulfonamides is 1. The summed E-state index contributed by atoms with van der Waals surface area (Å²) in [5.41, 5.74) is 0.360. The van der Waals surface area contributed by atoms with Crippen LogP contribution in [0, 0.1) is 0 Å². The number of amides is 1. The summed E-state index contributed by atoms with van der Waals surface area (Å²) < 4.78 is 37.0. The molecule has 0 aliphatic carbocycles. The average Bonchev–Trinajstić information content (AvgIpc) is 2.66. The standard InChI is InChI=1S/C20H23ClN2O6S/c1-13(2)23-30(26,27)16-10-8-15(9-11-16)22-20(25)14(3)29-19(24)12-28-18-7-5-4-6-17(18)21/h4-11,13-14,23H,12H2,1-3H3,(H,22,25). The topological polar surface area (TPSA) is 111 Å². The van der Waals surface area contributed by atoms with Gasteiger partial charge in [-0.15, -0.1) is 0 Å². The maximum absolute atomic E-state index is 12.2. The summed E-state index contributed by atoms with van der Waals surface area (Å²) in [6.07, 6.45) is -1.08. The van der Waals surface area contributed by atoms with E-state index in [1.165, 1.54) is 31.2 Å². The number of esters is 1. The summed E-state index contributed by atoms with van der Waals surface area (Å²) in [5.74, 6) is -0.981. The van der Waals surface area contributed by atoms with Crippen molar-refractivity contribution in [2.45, 2.75) is 37.8 Å². The molecule has 0 bridgehead atoms. The number of hydrogen-bond donors (Lipinski definition) is 2. The van der Waals surface area contributed by atoms with E-state index < -0.39 is 34.6 Å². The number of hydrogen-bond acceptors (Lipinski definition) is 6. The van der Waals surface area contributed by atoms with Crippen LogP contribution >= 0.6 is 11.6 Å². The van der Waals surface area contributed by atoms with E-state index in [0.29, 0.717) is 16.5 Å². The molecule has 0 fully saturated rings. The maximum Gasteiger partial charge on any atom is 0.344 e. The van der Waals surface area contributed by atoms with Crippen molar-refractivity contribution in [2.24, 2.45) is 0 Å². The predicted octanol–water partition coefficient (Wildman–Crippen LogP) is 2.98. The minimum atomic E-state index is -3.62. The highest BCUT2D eigenvalue weighted by Gasteiger charge is 2.19. The van der Waals surface area contributed by atoms with Crippen LogP contribution in [0.15, 0.2) is 53.4 Å². The number of anilines is 1. The lowest BCUT2D eigenvalue weighted by Crippen LogP contribution is -2.32. The first-order valence-electron chi connectivity index (χ1n) is 9.08. The van der Waals surface area contributed by atoms with Crippen LogP contribution in [0.25, 0.3) is 0 Å². The predicted molar refractivity (Wildman–Crippen MR) is 113 cm³/mol. The monoisotopic (exact) mass is 454 g/mol. The first-order valence-corrected chi connectivity index (χ1v) is 10.9. The van der Waals surface area contributed by atoms with Gasteiger partial charge >= 0.3 is 5.97 Å². The largest absolute Gasteiger partial charge is 0.480 e. The minimum absolute atomic E-state index is 0.0744. The molecule has 0 aliphatic heterocycles. The second-order valence-electron chi connectivity index (χ2n) is 6.64. The Bertz CT molecular complexity index is 993. The third-order valence-corrected chi connectivity index (χ3v) is 5.67. The number of benzene rings is 2. The molecule has 0 spiro atoms. The van der Waals surface area contributed by atoms with E-state index in [-0.39, 0.29) is 10.9 Å². The molecule has 162 valence electrons. The second-order valence-corrected chi connectivity index (χ2v) is 8.76. The van der Waals surface area contributed by atoms with Crippen LogP contribution < -0.4 is 14.8 Å². The van der Waals surface area contributed by atoms with Gasteiger partial charge in [-0.1, -0.05) is 23.7 Å². The van der Waals surface area contributed by atoms with Gasteiger partial charge in [0.2, 0.25) is 10.0 Å². The molecule has 10 heteroatoms. The lowest BCUT2D eigenvalue weighted by Gasteiger charge is -2.14. The SMILES string of the molecule is CC(C)NS(=O)(=O)c1ccc(NC(=O)C(C)OC(=O)COc2ccccc2Cl)cc1. The zero-order valence-electron chi connectivity index (χ0n) is 16.7. The Labute approximate surface area is 180 Å². The molecule has 0 aromatic heterocycles. The second kappa shape index (κ2) is 10.4. The molecular formula is C20H23ClN2O6S. The fraction of sp³-hybridized carbons (Fsp3) is 0.300. The van der Waals surface area contributed by atoms with Crippen molar-refractivity contribution < 1.29 is 27.5 Å². The molecule has 2 aromatic rings. The lowest BCUT2D eigenvalue weighted by molar-refractivity contribution is -0.155. The first kappa shape index (κ1) is 23.7. The van der Waals surface area contributed by atoms with Crippen molar-refractivity contribution in [3.63, 3.8) is 0 Å². The average molecular weight is 455 g/mol. The molecule has 1 amide bonds. The minimum Gasteiger partial charge on any atom is -0.480 e. The van der Waals surface area contributed by atoms with Crippen molar-refractivity contribution in [2.75, 3.05) is 11.9 Å². The summed E-state index contributed by atoms with van der Waals surface area (Å²) in [4.78, 5) is 24.2. The van der Waals surface area contributed by atoms with Gasteiger partial charge in [0.1, 0.15) is 5.75 Å². The number of nitrogens with one attached hydrogen (secondary N) is 2. The number of para-hydroxylation sites is 1. The van der Waals surface area contributed by atoms with Crippen LogP contribution in [-0.2, 0) is 24.3 Å². The molecule has 8 nitrogen and oxygen atoms in total. The molecule has 2 rings (SSSR count). The van der Waals surface area contributed by atoms with E-state index in [4.69, 9.17) is 21.1 Å². The quantitative estimate of drug-likeness (QED) is 0.563. The van der Waals surface area contributed by atoms with Gasteiger partial charge in [0.15, 0.2) is 12.7 Å². The van der Waals surface area contributed by atoms with E-state index >= 15 is 0 Å². The lowest BCUT2D eigenvalue weighted by atomic mass is 10.3. The highest BCUT2D eigenvalue weighted by molar-refractivity contribution is 7.89. The molecule has 0 radical (unpaired) electrons. The van der Waals surface area contributed by atoms with Crippen molar-refractivity contribution in [1.29, 1.82) is 0 Å². The molecule has 2 N–H and O–H groups in total. The Kier molecular flexibility index (Phi) is 8.22. The van der Waals surface area contributed by atoms with E-state index in [2.05, 4.69) is 10.0 Å². The van der Waals surface area contributed by atoms with Crippen LogP contribution in [0.5, 0.6) is 5.75 Å². The molecule has 1 atom stereocenters. The van der Waals surface area contributed by atoms with Gasteiger partial charge in [-0.25, -0.2) is 17.9 Å². The molecule has 30 heavy (non-hydrogen) atoms. The fourth-order valence-corrected chi connectivity index (χ4v) is 3.76. The summed E-state index contributed by atoms with van der Waals surface area (Å²) in [7, 11) is -3.62. The summed E-state index contributed by atoms with van der Waals surface area (Å²) >= 11 is 5.94. The highest BCUT2D eigenvalue weighted by Crippen LogP contribution is 2.23. The summed E-state index contributed by atoms with van der Waals surface area (Å²) in [6.45, 7) is 4.44. The number of halogens is 1. The third-order valence-electron chi connectivity index (χ3n) is 3.68. The van der Waals surface area contributed by atoms with E-state index in [1.807, 2.05) is 0 Å². The Morgan fingerprint density at radius 2 is 1.67 bits per heavy atom. The number of carbonyl (C=O) groups excluding carboxylic acids is 2. The van der Waals surface area contributed by atoms with Crippen molar-refractivity contribution in [3.8, 4) is 5.75 Å². The fourth-order valence-electron chi connectivity index (χ4n) is 2.32. The Hall–Kier alpha value is -2.62. The van der Waals surface area contributed by atoms with Gasteiger partial charge in [0.05, 0.1) is 9.92 Å². The summed E-state index contributed by atoms with van der Waals surface area (Å²) in [5, 5.41) is 2.91. The zero-order valence-corrected chi connectivity index (χ0v) is 18.3. The van der Waals surface area contributed by atoms with Crippen molar-refractivity contribution >= 4 is 39.2 Å². The molecule has 0 saturated carbocycles. The van der Waals surface area contributed by atoms with Crippen LogP contribution in [0.2, 0.25) is 5.02 Å². The van der Waals surface area contributed by atoms with E-state index in [0.717, 1.165) is 0 Å². The van der Waals surface area contributed by atoms with Crippen molar-refractivity contribution in [1.82, 2.24) is 4.72 Å². The number of ether oxygens (including phenoxy) is 2. The Morgan fingerprint density at radius 3 is 2.27 bits per heavy atom. The normalized spacial score (nSPS) is 12.3. The van der Waals surface area contributed by atoms with Gasteiger partial charge in [0.25, 0.3) is 5.91 Å². The smallest absolute Gasteiger partial charge is 0.344 e. The highest BCUT2D eigenvalue weighted by atomic mass is 35.5. The van der Waals surface area contributed by atoms with Gasteiger partial charge < -0.3 is 14.8 Å². The van der Waals surface area contributed by atoms with Gasteiger partial charge in [0, 0.05) is 11.7 Å². The molecule has 2 aromatic carbocycles. The maximum atomic E-state index is 12.2. The number of carbonyl (C=O) groups is 2. The Morgan fingerprint density at radius 1 is 1.03 bits per heavy atom. The van der Waals surface area contributed by atoms with Crippen molar-refractivity contribution in [3.05, 3.63) is 53.6 Å². The van der Waals surface area contributed by atoms with Gasteiger partial charge in [-0.3, -0.25) is 4.79 Å². The van der Waals surface area contributed by atoms with E-state index in [1.54, 1.807) is 38.1 Å². The molecular weight excluding hydrogens is 432 g/mol. The first-order chi connectivity index (χ1) is 14.1. The molecule has 0 heterocycles. The van der Waals surface area contributed by atoms with Crippen LogP contribution in [0.1, 0.15) is 20.8 Å². The van der Waals surface area contributed by atoms with E-state index in [9.17, 15) is 18.0 Å². The molecule has 0 saturated heterocycles. The van der Waals surface area contributed by atoms with Gasteiger partial charge in [-0.05, 0) is 57.2 Å². The van der Waals surface area contributed by atoms with Crippen LogP contribution in [-0.4, -0.2) is 39.0 Å². The third kappa shape index (κ3) is 7.01. The Balaban J connectivity index is 1.87. The number of rotatable bonds is 9. The molecule has 1 unspecified atom stereocenters. The molecule has 0 aliphatic rings.